The summed E-state index contributed by atoms with van der Waals surface area (Å²) in [5.74, 6) is 4.79. The predicted molar refractivity (Wildman–Crippen MR) is 58.9 cm³/mol. The molecule has 0 spiro atoms. The molecule has 1 amide bonds. The molecule has 0 aromatic heterocycles. The second kappa shape index (κ2) is 5.08. The van der Waals surface area contributed by atoms with Gasteiger partial charge in [0.05, 0.1) is 10.5 Å². The SMILES string of the molecule is CCNC(=O)c1cccc([N+](=O)[O-])c1NN. The number of nitrogen functional groups attached to an aromatic ring is 1. The highest BCUT2D eigenvalue weighted by Crippen LogP contribution is 2.27. The lowest BCUT2D eigenvalue weighted by molar-refractivity contribution is -0.384. The molecule has 0 heterocycles. The van der Waals surface area contributed by atoms with Crippen LogP contribution in [0.15, 0.2) is 18.2 Å². The van der Waals surface area contributed by atoms with Crippen molar-refractivity contribution in [2.24, 2.45) is 5.84 Å². The minimum Gasteiger partial charge on any atom is -0.352 e. The summed E-state index contributed by atoms with van der Waals surface area (Å²) < 4.78 is 0. The number of nitro benzene ring substituents is 1. The summed E-state index contributed by atoms with van der Waals surface area (Å²) in [4.78, 5) is 21.7. The fraction of sp³-hybridized carbons (Fsp3) is 0.222. The molecule has 1 rings (SSSR count). The predicted octanol–water partition coefficient (Wildman–Crippen LogP) is 0.630. The molecule has 0 unspecified atom stereocenters. The van der Waals surface area contributed by atoms with Crippen molar-refractivity contribution >= 4 is 17.3 Å². The molecule has 0 saturated heterocycles. The number of carbonyl (C=O) groups is 1. The van der Waals surface area contributed by atoms with Gasteiger partial charge in [-0.3, -0.25) is 20.8 Å². The lowest BCUT2D eigenvalue weighted by Crippen LogP contribution is -2.25. The maximum absolute atomic E-state index is 11.6. The summed E-state index contributed by atoms with van der Waals surface area (Å²) in [5, 5.41) is 13.2. The van der Waals surface area contributed by atoms with Gasteiger partial charge in [-0.1, -0.05) is 6.07 Å². The van der Waals surface area contributed by atoms with Gasteiger partial charge >= 0.3 is 0 Å². The Kier molecular flexibility index (Phi) is 3.78. The summed E-state index contributed by atoms with van der Waals surface area (Å²) in [7, 11) is 0. The quantitative estimate of drug-likeness (QED) is 0.394. The van der Waals surface area contributed by atoms with Crippen LogP contribution in [0, 0.1) is 10.1 Å². The number of carbonyl (C=O) groups excluding carboxylic acids is 1. The minimum atomic E-state index is -0.599. The molecule has 1 aromatic rings. The van der Waals surface area contributed by atoms with E-state index in [1.54, 1.807) is 6.92 Å². The number of nitrogens with zero attached hydrogens (tertiary/aromatic N) is 1. The fourth-order valence-corrected chi connectivity index (χ4v) is 1.29. The molecule has 86 valence electrons. The van der Waals surface area contributed by atoms with E-state index >= 15 is 0 Å². The van der Waals surface area contributed by atoms with Gasteiger partial charge in [-0.2, -0.15) is 0 Å². The Morgan fingerprint density at radius 2 is 2.25 bits per heavy atom. The number of benzene rings is 1. The molecule has 0 radical (unpaired) electrons. The first-order chi connectivity index (χ1) is 7.61. The highest BCUT2D eigenvalue weighted by Gasteiger charge is 2.20. The molecule has 0 bridgehead atoms. The van der Waals surface area contributed by atoms with Gasteiger partial charge < -0.3 is 10.7 Å². The van der Waals surface area contributed by atoms with Gasteiger partial charge in [0.2, 0.25) is 0 Å². The van der Waals surface area contributed by atoms with Crippen molar-refractivity contribution in [2.75, 3.05) is 12.0 Å². The van der Waals surface area contributed by atoms with Crippen LogP contribution in [0.1, 0.15) is 17.3 Å². The third-order valence-electron chi connectivity index (χ3n) is 1.97. The number of para-hydroxylation sites is 1. The molecular weight excluding hydrogens is 212 g/mol. The van der Waals surface area contributed by atoms with Crippen LogP contribution in [0.25, 0.3) is 0 Å². The van der Waals surface area contributed by atoms with Gasteiger partial charge in [0.15, 0.2) is 0 Å². The molecule has 7 nitrogen and oxygen atoms in total. The number of hydrogen-bond donors (Lipinski definition) is 3. The highest BCUT2D eigenvalue weighted by atomic mass is 16.6. The van der Waals surface area contributed by atoms with Crippen LogP contribution < -0.4 is 16.6 Å². The molecule has 16 heavy (non-hydrogen) atoms. The average Bonchev–Trinajstić information content (AvgIpc) is 2.28. The zero-order chi connectivity index (χ0) is 12.1. The number of nitro groups is 1. The van der Waals surface area contributed by atoms with Crippen LogP contribution in [-0.2, 0) is 0 Å². The van der Waals surface area contributed by atoms with E-state index in [4.69, 9.17) is 5.84 Å². The summed E-state index contributed by atoms with van der Waals surface area (Å²) >= 11 is 0. The van der Waals surface area contributed by atoms with E-state index in [1.807, 2.05) is 0 Å². The highest BCUT2D eigenvalue weighted by molar-refractivity contribution is 6.01. The fourth-order valence-electron chi connectivity index (χ4n) is 1.29. The Morgan fingerprint density at radius 1 is 1.56 bits per heavy atom. The van der Waals surface area contributed by atoms with Crippen molar-refractivity contribution in [2.45, 2.75) is 6.92 Å². The zero-order valence-electron chi connectivity index (χ0n) is 8.69. The Bertz CT molecular complexity index is 419. The van der Waals surface area contributed by atoms with Crippen LogP contribution in [0.4, 0.5) is 11.4 Å². The monoisotopic (exact) mass is 224 g/mol. The van der Waals surface area contributed by atoms with E-state index in [-0.39, 0.29) is 16.9 Å². The Hall–Kier alpha value is -2.15. The van der Waals surface area contributed by atoms with Gasteiger partial charge in [-0.15, -0.1) is 0 Å². The van der Waals surface area contributed by atoms with Crippen LogP contribution >= 0.6 is 0 Å². The number of amides is 1. The van der Waals surface area contributed by atoms with Gasteiger partial charge in [0.1, 0.15) is 5.69 Å². The molecule has 1 aromatic carbocycles. The van der Waals surface area contributed by atoms with E-state index < -0.39 is 10.8 Å². The average molecular weight is 224 g/mol. The summed E-state index contributed by atoms with van der Waals surface area (Å²) in [6.45, 7) is 2.19. The third-order valence-corrected chi connectivity index (χ3v) is 1.97. The number of nitrogens with two attached hydrogens (primary N) is 1. The molecule has 0 aliphatic rings. The van der Waals surface area contributed by atoms with Crippen molar-refractivity contribution in [3.8, 4) is 0 Å². The number of hydrogen-bond acceptors (Lipinski definition) is 5. The lowest BCUT2D eigenvalue weighted by Gasteiger charge is -2.08. The Morgan fingerprint density at radius 3 is 2.75 bits per heavy atom. The Labute approximate surface area is 91.8 Å². The standard InChI is InChI=1S/C9H12N4O3/c1-2-11-9(14)6-4-3-5-7(13(15)16)8(6)12-10/h3-5,12H,2,10H2,1H3,(H,11,14). The summed E-state index contributed by atoms with van der Waals surface area (Å²) in [6.07, 6.45) is 0. The van der Waals surface area contributed by atoms with Gasteiger partial charge in [-0.05, 0) is 13.0 Å². The number of rotatable bonds is 4. The zero-order valence-corrected chi connectivity index (χ0v) is 8.69. The first-order valence-electron chi connectivity index (χ1n) is 4.64. The number of anilines is 1. The van der Waals surface area contributed by atoms with Crippen molar-refractivity contribution in [3.05, 3.63) is 33.9 Å². The molecule has 0 aliphatic heterocycles. The van der Waals surface area contributed by atoms with Gasteiger partial charge in [0, 0.05) is 12.6 Å². The van der Waals surface area contributed by atoms with Crippen molar-refractivity contribution < 1.29 is 9.72 Å². The van der Waals surface area contributed by atoms with E-state index in [2.05, 4.69) is 10.7 Å². The van der Waals surface area contributed by atoms with Crippen LogP contribution in [-0.4, -0.2) is 17.4 Å². The van der Waals surface area contributed by atoms with Gasteiger partial charge in [0.25, 0.3) is 11.6 Å². The van der Waals surface area contributed by atoms with Crippen molar-refractivity contribution in [3.63, 3.8) is 0 Å². The number of nitrogens with one attached hydrogen (secondary N) is 2. The van der Waals surface area contributed by atoms with Gasteiger partial charge in [-0.25, -0.2) is 0 Å². The van der Waals surface area contributed by atoms with Crippen LogP contribution in [0.3, 0.4) is 0 Å². The van der Waals surface area contributed by atoms with E-state index in [1.165, 1.54) is 18.2 Å². The largest absolute Gasteiger partial charge is 0.352 e. The molecular formula is C9H12N4O3. The smallest absolute Gasteiger partial charge is 0.294 e. The molecule has 0 saturated carbocycles. The first-order valence-corrected chi connectivity index (χ1v) is 4.64. The second-order valence-corrected chi connectivity index (χ2v) is 2.96. The molecule has 4 N–H and O–H groups in total. The summed E-state index contributed by atoms with van der Waals surface area (Å²) in [5.41, 5.74) is 2.12. The minimum absolute atomic E-state index is 0.0125. The van der Waals surface area contributed by atoms with E-state index in [0.29, 0.717) is 6.54 Å². The second-order valence-electron chi connectivity index (χ2n) is 2.96. The van der Waals surface area contributed by atoms with E-state index in [9.17, 15) is 14.9 Å². The lowest BCUT2D eigenvalue weighted by atomic mass is 10.1. The van der Waals surface area contributed by atoms with Crippen molar-refractivity contribution in [1.29, 1.82) is 0 Å². The molecule has 0 fully saturated rings. The first kappa shape index (κ1) is 11.9. The van der Waals surface area contributed by atoms with Crippen LogP contribution in [0.5, 0.6) is 0 Å². The maximum atomic E-state index is 11.6. The topological polar surface area (TPSA) is 110 Å². The van der Waals surface area contributed by atoms with Crippen molar-refractivity contribution in [1.82, 2.24) is 5.32 Å². The molecule has 0 aliphatic carbocycles. The Balaban J connectivity index is 3.24. The normalized spacial score (nSPS) is 9.62. The molecule has 0 atom stereocenters. The number of hydrazine groups is 1. The summed E-state index contributed by atoms with van der Waals surface area (Å²) in [6, 6.07) is 4.18. The maximum Gasteiger partial charge on any atom is 0.294 e. The van der Waals surface area contributed by atoms with E-state index in [0.717, 1.165) is 0 Å². The van der Waals surface area contributed by atoms with Crippen LogP contribution in [0.2, 0.25) is 0 Å². The molecule has 7 heteroatoms. The third kappa shape index (κ3) is 2.26.